The van der Waals surface area contributed by atoms with Gasteiger partial charge in [0, 0.05) is 18.5 Å². The number of methoxy groups -OCH3 is 1. The van der Waals surface area contributed by atoms with Crippen molar-refractivity contribution in [3.8, 4) is 5.75 Å². The van der Waals surface area contributed by atoms with Gasteiger partial charge >= 0.3 is 0 Å². The summed E-state index contributed by atoms with van der Waals surface area (Å²) < 4.78 is 16.4. The van der Waals surface area contributed by atoms with Gasteiger partial charge in [-0.05, 0) is 24.3 Å². The number of ether oxygens (including phenoxy) is 2. The van der Waals surface area contributed by atoms with Gasteiger partial charge in [0.15, 0.2) is 17.1 Å². The second-order valence-corrected chi connectivity index (χ2v) is 6.59. The Morgan fingerprint density at radius 2 is 1.96 bits per heavy atom. The molecule has 1 aromatic heterocycles. The molecule has 7 heteroatoms. The molecule has 1 aliphatic rings. The number of morpholine rings is 1. The lowest BCUT2D eigenvalue weighted by Gasteiger charge is -2.31. The van der Waals surface area contributed by atoms with Crippen LogP contribution in [-0.2, 0) is 4.74 Å². The van der Waals surface area contributed by atoms with E-state index in [0.29, 0.717) is 48.3 Å². The summed E-state index contributed by atoms with van der Waals surface area (Å²) in [6.07, 6.45) is 0. The normalized spacial score (nSPS) is 14.4. The van der Waals surface area contributed by atoms with E-state index in [1.54, 1.807) is 19.2 Å². The molecule has 0 atom stereocenters. The third-order valence-electron chi connectivity index (χ3n) is 4.51. The van der Waals surface area contributed by atoms with Crippen LogP contribution < -0.4 is 15.0 Å². The Morgan fingerprint density at radius 1 is 1.19 bits per heavy atom. The fourth-order valence-corrected chi connectivity index (χ4v) is 3.51. The second-order valence-electron chi connectivity index (χ2n) is 6.18. The lowest BCUT2D eigenvalue weighted by atomic mass is 10.2. The van der Waals surface area contributed by atoms with E-state index < -0.39 is 0 Å². The third-order valence-corrected chi connectivity index (χ3v) is 4.82. The average molecular weight is 387 g/mol. The molecule has 1 amide bonds. The standard InChI is InChI=1S/C20H19ClN2O4/c1-25-16-7-2-4-13-12-17(27-19(13)16)20(24)22-15-6-3-5-14(21)18(15)23-8-10-26-11-9-23/h2-7,12H,8-11H2,1H3,(H,22,24). The van der Waals surface area contributed by atoms with Gasteiger partial charge in [-0.25, -0.2) is 0 Å². The van der Waals surface area contributed by atoms with Gasteiger partial charge in [0.2, 0.25) is 0 Å². The summed E-state index contributed by atoms with van der Waals surface area (Å²) in [6, 6.07) is 12.7. The summed E-state index contributed by atoms with van der Waals surface area (Å²) >= 11 is 6.42. The zero-order valence-corrected chi connectivity index (χ0v) is 15.6. The molecule has 3 aromatic rings. The van der Waals surface area contributed by atoms with E-state index in [4.69, 9.17) is 25.5 Å². The number of furan rings is 1. The summed E-state index contributed by atoms with van der Waals surface area (Å²) in [5, 5.41) is 4.31. The minimum atomic E-state index is -0.343. The Morgan fingerprint density at radius 3 is 2.74 bits per heavy atom. The van der Waals surface area contributed by atoms with E-state index in [1.165, 1.54) is 0 Å². The van der Waals surface area contributed by atoms with Crippen molar-refractivity contribution in [3.63, 3.8) is 0 Å². The summed E-state index contributed by atoms with van der Waals surface area (Å²) in [7, 11) is 1.57. The number of halogens is 1. The molecule has 4 rings (SSSR count). The number of rotatable bonds is 4. The number of anilines is 2. The molecule has 6 nitrogen and oxygen atoms in total. The Hall–Kier alpha value is -2.70. The van der Waals surface area contributed by atoms with E-state index >= 15 is 0 Å². The number of para-hydroxylation sites is 2. The van der Waals surface area contributed by atoms with Crippen LogP contribution in [0.3, 0.4) is 0 Å². The number of carbonyl (C=O) groups excluding carboxylic acids is 1. The zero-order chi connectivity index (χ0) is 18.8. The van der Waals surface area contributed by atoms with Gasteiger partial charge in [0.25, 0.3) is 5.91 Å². The number of hydrogen-bond acceptors (Lipinski definition) is 5. The van der Waals surface area contributed by atoms with E-state index in [2.05, 4.69) is 10.2 Å². The molecule has 0 radical (unpaired) electrons. The largest absolute Gasteiger partial charge is 0.493 e. The molecule has 0 unspecified atom stereocenters. The third kappa shape index (κ3) is 3.46. The van der Waals surface area contributed by atoms with Crippen LogP contribution in [0.1, 0.15) is 10.6 Å². The van der Waals surface area contributed by atoms with Gasteiger partial charge in [-0.15, -0.1) is 0 Å². The Kier molecular flexibility index (Phi) is 4.92. The first-order valence-corrected chi connectivity index (χ1v) is 9.04. The molecule has 0 spiro atoms. The van der Waals surface area contributed by atoms with E-state index in [-0.39, 0.29) is 11.7 Å². The molecule has 0 aliphatic carbocycles. The fraction of sp³-hybridized carbons (Fsp3) is 0.250. The van der Waals surface area contributed by atoms with Gasteiger partial charge < -0.3 is 24.1 Å². The first kappa shape index (κ1) is 17.7. The first-order chi connectivity index (χ1) is 13.2. The zero-order valence-electron chi connectivity index (χ0n) is 14.8. The SMILES string of the molecule is COc1cccc2cc(C(=O)Nc3cccc(Cl)c3N3CCOCC3)oc12. The predicted octanol–water partition coefficient (Wildman–Crippen LogP) is 4.18. The van der Waals surface area contributed by atoms with Gasteiger partial charge in [0.05, 0.1) is 36.7 Å². The molecule has 1 fully saturated rings. The van der Waals surface area contributed by atoms with Crippen molar-refractivity contribution in [2.45, 2.75) is 0 Å². The summed E-state index contributed by atoms with van der Waals surface area (Å²) in [4.78, 5) is 14.9. The number of fused-ring (bicyclic) bond motifs is 1. The molecule has 0 bridgehead atoms. The number of nitrogens with one attached hydrogen (secondary N) is 1. The highest BCUT2D eigenvalue weighted by molar-refractivity contribution is 6.34. The molecule has 1 aliphatic heterocycles. The summed E-state index contributed by atoms with van der Waals surface area (Å²) in [6.45, 7) is 2.69. The highest BCUT2D eigenvalue weighted by Gasteiger charge is 2.21. The number of carbonyl (C=O) groups is 1. The van der Waals surface area contributed by atoms with Crippen molar-refractivity contribution in [3.05, 3.63) is 53.2 Å². The van der Waals surface area contributed by atoms with E-state index in [9.17, 15) is 4.79 Å². The van der Waals surface area contributed by atoms with Crippen LogP contribution in [-0.4, -0.2) is 39.3 Å². The maximum absolute atomic E-state index is 12.8. The smallest absolute Gasteiger partial charge is 0.291 e. The van der Waals surface area contributed by atoms with Crippen LogP contribution in [0.4, 0.5) is 11.4 Å². The van der Waals surface area contributed by atoms with Crippen LogP contribution in [0.15, 0.2) is 46.9 Å². The van der Waals surface area contributed by atoms with Crippen molar-refractivity contribution in [1.29, 1.82) is 0 Å². The topological polar surface area (TPSA) is 63.9 Å². The lowest BCUT2D eigenvalue weighted by Crippen LogP contribution is -2.37. The highest BCUT2D eigenvalue weighted by atomic mass is 35.5. The number of nitrogens with zero attached hydrogens (tertiary/aromatic N) is 1. The summed E-state index contributed by atoms with van der Waals surface area (Å²) in [5.74, 6) is 0.454. The Balaban J connectivity index is 1.64. The Labute approximate surface area is 161 Å². The van der Waals surface area contributed by atoms with Gasteiger partial charge in [-0.2, -0.15) is 0 Å². The minimum Gasteiger partial charge on any atom is -0.493 e. The van der Waals surface area contributed by atoms with Crippen molar-refractivity contribution >= 4 is 39.9 Å². The van der Waals surface area contributed by atoms with Crippen molar-refractivity contribution in [2.24, 2.45) is 0 Å². The maximum atomic E-state index is 12.8. The van der Waals surface area contributed by atoms with Crippen LogP contribution in [0.5, 0.6) is 5.75 Å². The molecular weight excluding hydrogens is 368 g/mol. The van der Waals surface area contributed by atoms with Crippen molar-refractivity contribution in [1.82, 2.24) is 0 Å². The number of benzene rings is 2. The van der Waals surface area contributed by atoms with Gasteiger partial charge in [-0.1, -0.05) is 29.8 Å². The molecule has 27 heavy (non-hydrogen) atoms. The monoisotopic (exact) mass is 386 g/mol. The predicted molar refractivity (Wildman–Crippen MR) is 105 cm³/mol. The molecular formula is C20H19ClN2O4. The number of hydrogen-bond donors (Lipinski definition) is 1. The quantitative estimate of drug-likeness (QED) is 0.728. The fourth-order valence-electron chi connectivity index (χ4n) is 3.22. The summed E-state index contributed by atoms with van der Waals surface area (Å²) in [5.41, 5.74) is 1.98. The van der Waals surface area contributed by atoms with Crippen LogP contribution in [0.2, 0.25) is 5.02 Å². The van der Waals surface area contributed by atoms with Gasteiger partial charge in [0.1, 0.15) is 0 Å². The van der Waals surface area contributed by atoms with Crippen LogP contribution >= 0.6 is 11.6 Å². The van der Waals surface area contributed by atoms with E-state index in [1.807, 2.05) is 30.3 Å². The molecule has 1 N–H and O–H groups in total. The number of amides is 1. The van der Waals surface area contributed by atoms with Crippen molar-refractivity contribution < 1.29 is 18.7 Å². The van der Waals surface area contributed by atoms with E-state index in [0.717, 1.165) is 11.1 Å². The molecule has 0 saturated carbocycles. The second kappa shape index (κ2) is 7.50. The maximum Gasteiger partial charge on any atom is 0.291 e. The molecule has 1 saturated heterocycles. The molecule has 140 valence electrons. The lowest BCUT2D eigenvalue weighted by molar-refractivity contribution is 0.0998. The van der Waals surface area contributed by atoms with Gasteiger partial charge in [-0.3, -0.25) is 4.79 Å². The highest BCUT2D eigenvalue weighted by Crippen LogP contribution is 2.35. The van der Waals surface area contributed by atoms with Crippen molar-refractivity contribution in [2.75, 3.05) is 43.6 Å². The minimum absolute atomic E-state index is 0.211. The van der Waals surface area contributed by atoms with Crippen LogP contribution in [0.25, 0.3) is 11.0 Å². The molecule has 2 aromatic carbocycles. The van der Waals surface area contributed by atoms with Crippen LogP contribution in [0, 0.1) is 0 Å². The average Bonchev–Trinajstić information content (AvgIpc) is 3.13. The Bertz CT molecular complexity index is 979. The first-order valence-electron chi connectivity index (χ1n) is 8.66. The molecule has 2 heterocycles.